The zero-order valence-corrected chi connectivity index (χ0v) is 16.4. The Labute approximate surface area is 152 Å². The van der Waals surface area contributed by atoms with Crippen molar-refractivity contribution < 1.29 is 37.0 Å². The molecule has 150 valence electrons. The first kappa shape index (κ1) is 23.1. The van der Waals surface area contributed by atoms with Crippen LogP contribution >= 0.6 is 7.60 Å². The third kappa shape index (κ3) is 5.31. The van der Waals surface area contributed by atoms with E-state index in [0.29, 0.717) is 18.8 Å². The Balaban J connectivity index is 3.08. The number of halogens is 2. The Kier molecular flexibility index (Phi) is 9.30. The molecule has 9 heteroatoms. The molecule has 0 aromatic heterocycles. The van der Waals surface area contributed by atoms with E-state index in [1.807, 2.05) is 13.8 Å². The zero-order valence-electron chi connectivity index (χ0n) is 15.5. The molecule has 0 saturated carbocycles. The van der Waals surface area contributed by atoms with Gasteiger partial charge in [-0.15, -0.1) is 0 Å². The van der Waals surface area contributed by atoms with E-state index in [9.17, 15) is 18.5 Å². The van der Waals surface area contributed by atoms with Crippen LogP contribution < -0.4 is 0 Å². The summed E-state index contributed by atoms with van der Waals surface area (Å²) < 4.78 is 61.9. The molecule has 0 fully saturated rings. The SMILES string of the molecule is CCOC(OCC)c1ccc(C(O)C(F)(F)P(=O)(OCC)OCC)cc1. The highest BCUT2D eigenvalue weighted by atomic mass is 31.2. The standard InChI is InChI=1S/C17H27F2O6P/c1-5-22-16(23-6-2)14-11-9-13(10-12-14)15(20)17(18,19)26(21,24-7-3)25-8-4/h9-12,15-16,20H,5-8H2,1-4H3. The van der Waals surface area contributed by atoms with Crippen LogP contribution in [0.5, 0.6) is 0 Å². The van der Waals surface area contributed by atoms with Crippen LogP contribution in [0.15, 0.2) is 24.3 Å². The van der Waals surface area contributed by atoms with E-state index in [0.717, 1.165) is 0 Å². The number of alkyl halides is 2. The highest BCUT2D eigenvalue weighted by molar-refractivity contribution is 7.55. The lowest BCUT2D eigenvalue weighted by atomic mass is 10.1. The normalized spacial score (nSPS) is 14.0. The first-order chi connectivity index (χ1) is 12.3. The van der Waals surface area contributed by atoms with Crippen molar-refractivity contribution in [3.05, 3.63) is 35.4 Å². The minimum absolute atomic E-state index is 0.120. The van der Waals surface area contributed by atoms with E-state index < -0.39 is 25.7 Å². The van der Waals surface area contributed by atoms with Gasteiger partial charge in [-0.2, -0.15) is 8.78 Å². The highest BCUT2D eigenvalue weighted by Crippen LogP contribution is 2.66. The summed E-state index contributed by atoms with van der Waals surface area (Å²) in [6.45, 7) is 6.83. The van der Waals surface area contributed by atoms with Crippen LogP contribution in [0, 0.1) is 0 Å². The molecule has 1 rings (SSSR count). The van der Waals surface area contributed by atoms with Gasteiger partial charge in [0.15, 0.2) is 12.4 Å². The summed E-state index contributed by atoms with van der Waals surface area (Å²) in [5.74, 6) is 0. The highest BCUT2D eigenvalue weighted by Gasteiger charge is 2.59. The van der Waals surface area contributed by atoms with Gasteiger partial charge in [0.2, 0.25) is 0 Å². The Hall–Kier alpha value is -0.890. The van der Waals surface area contributed by atoms with E-state index in [1.165, 1.54) is 38.1 Å². The summed E-state index contributed by atoms with van der Waals surface area (Å²) in [5.41, 5.74) is -3.60. The van der Waals surface area contributed by atoms with Crippen molar-refractivity contribution >= 4 is 7.60 Å². The monoisotopic (exact) mass is 396 g/mol. The average molecular weight is 396 g/mol. The van der Waals surface area contributed by atoms with Crippen molar-refractivity contribution in [3.63, 3.8) is 0 Å². The van der Waals surface area contributed by atoms with E-state index in [1.54, 1.807) is 0 Å². The molecule has 6 nitrogen and oxygen atoms in total. The van der Waals surface area contributed by atoms with Crippen molar-refractivity contribution in [3.8, 4) is 0 Å². The van der Waals surface area contributed by atoms with Crippen LogP contribution in [-0.2, 0) is 23.1 Å². The van der Waals surface area contributed by atoms with Gasteiger partial charge in [-0.25, -0.2) is 0 Å². The van der Waals surface area contributed by atoms with Crippen molar-refractivity contribution in [1.29, 1.82) is 0 Å². The van der Waals surface area contributed by atoms with Crippen molar-refractivity contribution in [2.45, 2.75) is 45.8 Å². The van der Waals surface area contributed by atoms with Crippen LogP contribution in [0.4, 0.5) is 8.78 Å². The van der Waals surface area contributed by atoms with Crippen LogP contribution in [0.3, 0.4) is 0 Å². The van der Waals surface area contributed by atoms with Gasteiger partial charge in [-0.1, -0.05) is 24.3 Å². The fourth-order valence-electron chi connectivity index (χ4n) is 2.28. The van der Waals surface area contributed by atoms with Gasteiger partial charge in [0.1, 0.15) is 0 Å². The number of hydrogen-bond donors (Lipinski definition) is 1. The fourth-order valence-corrected chi connectivity index (χ4v) is 3.83. The molecular formula is C17H27F2O6P. The molecule has 1 N–H and O–H groups in total. The molecular weight excluding hydrogens is 369 g/mol. The van der Waals surface area contributed by atoms with Crippen LogP contribution in [0.1, 0.15) is 51.2 Å². The third-order valence-corrected chi connectivity index (χ3v) is 5.62. The summed E-state index contributed by atoms with van der Waals surface area (Å²) in [4.78, 5) is 0. The third-order valence-electron chi connectivity index (χ3n) is 3.45. The van der Waals surface area contributed by atoms with E-state index in [2.05, 4.69) is 9.05 Å². The maximum Gasteiger partial charge on any atom is 0.402 e. The minimum Gasteiger partial charge on any atom is -0.381 e. The van der Waals surface area contributed by atoms with E-state index in [4.69, 9.17) is 9.47 Å². The number of benzene rings is 1. The van der Waals surface area contributed by atoms with Gasteiger partial charge in [0.25, 0.3) is 0 Å². The zero-order chi connectivity index (χ0) is 19.8. The Morgan fingerprint density at radius 1 is 0.923 bits per heavy atom. The molecule has 1 aromatic rings. The Bertz CT molecular complexity index is 565. The van der Waals surface area contributed by atoms with Gasteiger partial charge in [0, 0.05) is 18.8 Å². The van der Waals surface area contributed by atoms with Gasteiger partial charge in [0.05, 0.1) is 13.2 Å². The minimum atomic E-state index is -4.83. The molecule has 0 spiro atoms. The molecule has 0 saturated heterocycles. The lowest BCUT2D eigenvalue weighted by Gasteiger charge is -2.29. The maximum atomic E-state index is 14.6. The number of ether oxygens (including phenoxy) is 2. The fraction of sp³-hybridized carbons (Fsp3) is 0.647. The first-order valence-corrected chi connectivity index (χ1v) is 10.1. The Morgan fingerprint density at radius 3 is 1.73 bits per heavy atom. The average Bonchev–Trinajstić information content (AvgIpc) is 2.61. The number of hydrogen-bond acceptors (Lipinski definition) is 6. The lowest BCUT2D eigenvalue weighted by molar-refractivity contribution is -0.140. The van der Waals surface area contributed by atoms with Gasteiger partial charge in [-0.3, -0.25) is 4.57 Å². The predicted molar refractivity (Wildman–Crippen MR) is 93.2 cm³/mol. The quantitative estimate of drug-likeness (QED) is 0.410. The molecule has 26 heavy (non-hydrogen) atoms. The molecule has 0 aliphatic heterocycles. The summed E-state index contributed by atoms with van der Waals surface area (Å²) in [7, 11) is -4.83. The van der Waals surface area contributed by atoms with Gasteiger partial charge in [-0.05, 0) is 33.3 Å². The van der Waals surface area contributed by atoms with Crippen molar-refractivity contribution in [1.82, 2.24) is 0 Å². The smallest absolute Gasteiger partial charge is 0.381 e. The van der Waals surface area contributed by atoms with Crippen molar-refractivity contribution in [2.24, 2.45) is 0 Å². The molecule has 0 aliphatic rings. The summed E-state index contributed by atoms with van der Waals surface area (Å²) in [6, 6.07) is 5.64. The maximum absolute atomic E-state index is 14.6. The largest absolute Gasteiger partial charge is 0.402 e. The number of aliphatic hydroxyl groups is 1. The van der Waals surface area contributed by atoms with Crippen LogP contribution in [0.25, 0.3) is 0 Å². The van der Waals surface area contributed by atoms with Crippen LogP contribution in [0.2, 0.25) is 0 Å². The van der Waals surface area contributed by atoms with Crippen molar-refractivity contribution in [2.75, 3.05) is 26.4 Å². The first-order valence-electron chi connectivity index (χ1n) is 8.55. The topological polar surface area (TPSA) is 74.2 Å². The van der Waals surface area contributed by atoms with E-state index >= 15 is 0 Å². The molecule has 0 radical (unpaired) electrons. The molecule has 0 amide bonds. The lowest BCUT2D eigenvalue weighted by Crippen LogP contribution is -2.28. The second kappa shape index (κ2) is 10.4. The summed E-state index contributed by atoms with van der Waals surface area (Å²) >= 11 is 0. The summed E-state index contributed by atoms with van der Waals surface area (Å²) in [6.07, 6.45) is -2.98. The molecule has 1 unspecified atom stereocenters. The molecule has 0 heterocycles. The molecule has 1 aromatic carbocycles. The van der Waals surface area contributed by atoms with E-state index in [-0.39, 0.29) is 18.8 Å². The van der Waals surface area contributed by atoms with Gasteiger partial charge < -0.3 is 23.6 Å². The molecule has 1 atom stereocenters. The summed E-state index contributed by atoms with van der Waals surface area (Å²) in [5, 5.41) is 10.1. The van der Waals surface area contributed by atoms with Crippen LogP contribution in [-0.4, -0.2) is 37.2 Å². The second-order valence-corrected chi connectivity index (χ2v) is 7.34. The molecule has 0 aliphatic carbocycles. The predicted octanol–water partition coefficient (Wildman–Crippen LogP) is 4.65. The number of aliphatic hydroxyl groups excluding tert-OH is 1. The van der Waals surface area contributed by atoms with Gasteiger partial charge >= 0.3 is 13.3 Å². The second-order valence-electron chi connectivity index (χ2n) is 5.23. The Morgan fingerprint density at radius 2 is 1.35 bits per heavy atom. The number of rotatable bonds is 12. The molecule has 0 bridgehead atoms.